The number of phosphoric acid groups is 5. The molecule has 136 valence electrons. The summed E-state index contributed by atoms with van der Waals surface area (Å²) in [7, 11) is -29.7. The maximum atomic E-state index is 11.0. The molecule has 0 rings (SSSR count). The summed E-state index contributed by atoms with van der Waals surface area (Å²) in [5, 5.41) is 0. The average molecular weight is 476 g/mol. The predicted octanol–water partition coefficient (Wildman–Crippen LogP) is -4.47. The maximum absolute atomic E-state index is 11.0. The normalized spacial score (nSPS) is 22.2. The van der Waals surface area contributed by atoms with Crippen LogP contribution in [0.4, 0.5) is 0 Å². The van der Waals surface area contributed by atoms with Crippen LogP contribution in [0.3, 0.4) is 0 Å². The Morgan fingerprint density at radius 2 is 0.870 bits per heavy atom. The molecule has 0 heterocycles. The summed E-state index contributed by atoms with van der Waals surface area (Å²) in [6, 6.07) is 0. The predicted molar refractivity (Wildman–Crippen MR) is 61.4 cm³/mol. The van der Waals surface area contributed by atoms with Crippen LogP contribution in [0.15, 0.2) is 0 Å². The quantitative estimate of drug-likeness (QED) is 0.142. The van der Waals surface area contributed by atoms with E-state index in [9.17, 15) is 27.7 Å². The van der Waals surface area contributed by atoms with E-state index < -0.39 is 39.1 Å². The molecule has 0 spiro atoms. The Bertz CT molecular complexity index is 558. The van der Waals surface area contributed by atoms with Crippen molar-refractivity contribution in [1.82, 2.24) is 0 Å². The Morgan fingerprint density at radius 3 is 1.13 bits per heavy atom. The number of hydrogen-bond acceptors (Lipinski definition) is 10. The molecule has 0 amide bonds. The third-order valence-electron chi connectivity index (χ3n) is 0.829. The van der Waals surface area contributed by atoms with E-state index in [0.717, 1.165) is 0 Å². The minimum atomic E-state index is -6.10. The zero-order valence-corrected chi connectivity index (χ0v) is 16.8. The van der Waals surface area contributed by atoms with Crippen LogP contribution in [0.5, 0.6) is 0 Å². The van der Waals surface area contributed by atoms with Crippen LogP contribution in [0.1, 0.15) is 0 Å². The second-order valence-corrected chi connectivity index (χ2v) is 10.0. The first-order valence-electron chi connectivity index (χ1n) is 3.76. The first-order valence-corrected chi connectivity index (χ1v) is 11.3. The van der Waals surface area contributed by atoms with Gasteiger partial charge in [0, 0.05) is 0 Å². The summed E-state index contributed by atoms with van der Waals surface area (Å²) in [4.78, 5) is 60.5. The zero-order chi connectivity index (χ0) is 17.3. The van der Waals surface area contributed by atoms with E-state index in [1.54, 1.807) is 0 Å². The number of halogens is 1. The smallest absolute Gasteiger partial charge is 1.00 e. The van der Waals surface area contributed by atoms with Crippen molar-refractivity contribution in [1.29, 1.82) is 0 Å². The molecule has 23 heteroatoms. The molecule has 4 unspecified atom stereocenters. The summed E-state index contributed by atoms with van der Waals surface area (Å²) < 4.78 is 65.2. The van der Waals surface area contributed by atoms with Gasteiger partial charge in [-0.05, 0) is 0 Å². The van der Waals surface area contributed by atoms with Gasteiger partial charge in [-0.15, -0.1) is 0 Å². The van der Waals surface area contributed by atoms with Gasteiger partial charge in [0.15, 0.2) is 0 Å². The Balaban J connectivity index is -0.00000200. The van der Waals surface area contributed by atoms with Gasteiger partial charge in [-0.3, -0.25) is 4.57 Å². The standard InChI is InChI=1S/Ca.FH.H7O16P5/c;;1-17(2,3)13-19(7,8)15-21(11,12)16-20(9,10)14-18(4,5)6/h;1H;(H,7,8)(H,9,10)(H,11,12)(H2,1,2,3)(H2,4,5,6)/q+2;;/p-2. The molecule has 0 radical (unpaired) electrons. The summed E-state index contributed by atoms with van der Waals surface area (Å²) in [5.41, 5.74) is 0. The summed E-state index contributed by atoms with van der Waals surface area (Å²) >= 11 is 0. The Morgan fingerprint density at radius 1 is 0.609 bits per heavy atom. The van der Waals surface area contributed by atoms with E-state index in [-0.39, 0.29) is 42.4 Å². The van der Waals surface area contributed by atoms with Gasteiger partial charge >= 0.3 is 69.0 Å². The fraction of sp³-hybridized carbons (Fsp3) is 0. The molecule has 16 nitrogen and oxygen atoms in total. The van der Waals surface area contributed by atoms with Crippen LogP contribution in [-0.4, -0.2) is 67.1 Å². The molecule has 23 heavy (non-hydrogen) atoms. The second kappa shape index (κ2) is 9.72. The molecule has 0 aliphatic heterocycles. The van der Waals surface area contributed by atoms with E-state index >= 15 is 0 Å². The van der Waals surface area contributed by atoms with Gasteiger partial charge in [-0.25, -0.2) is 22.6 Å². The van der Waals surface area contributed by atoms with Crippen molar-refractivity contribution in [2.75, 3.05) is 0 Å². The summed E-state index contributed by atoms with van der Waals surface area (Å²) in [5.74, 6) is 0. The van der Waals surface area contributed by atoms with E-state index in [2.05, 4.69) is 17.2 Å². The Hall–Kier alpha value is 1.90. The zero-order valence-electron chi connectivity index (χ0n) is 10.1. The van der Waals surface area contributed by atoms with Crippen LogP contribution >= 0.6 is 39.1 Å². The minimum Gasteiger partial charge on any atom is -1.00 e. The van der Waals surface area contributed by atoms with Crippen molar-refractivity contribution in [3.05, 3.63) is 0 Å². The van der Waals surface area contributed by atoms with Gasteiger partial charge in [0.1, 0.15) is 0 Å². The van der Waals surface area contributed by atoms with E-state index in [1.165, 1.54) is 0 Å². The van der Waals surface area contributed by atoms with Crippen molar-refractivity contribution >= 4 is 76.9 Å². The van der Waals surface area contributed by atoms with Crippen LogP contribution in [0, 0.1) is 0 Å². The maximum Gasteiger partial charge on any atom is 2.00 e. The van der Waals surface area contributed by atoms with Crippen LogP contribution in [0.25, 0.3) is 0 Å². The molecule has 0 aliphatic rings. The first-order chi connectivity index (χ1) is 8.83. The molecule has 0 saturated heterocycles. The monoisotopic (exact) mass is 476 g/mol. The molecule has 0 fully saturated rings. The van der Waals surface area contributed by atoms with Crippen molar-refractivity contribution in [2.24, 2.45) is 0 Å². The van der Waals surface area contributed by atoms with E-state index in [0.29, 0.717) is 0 Å². The van der Waals surface area contributed by atoms with Gasteiger partial charge < -0.3 is 39.0 Å². The molecule has 4 atom stereocenters. The van der Waals surface area contributed by atoms with Crippen molar-refractivity contribution in [2.45, 2.75) is 0 Å². The Kier molecular flexibility index (Phi) is 12.5. The van der Waals surface area contributed by atoms with E-state index in [4.69, 9.17) is 29.4 Å². The van der Waals surface area contributed by atoms with Gasteiger partial charge in [0.2, 0.25) is 0 Å². The summed E-state index contributed by atoms with van der Waals surface area (Å²) in [6.45, 7) is 0. The molecule has 6 N–H and O–H groups in total. The molecule has 0 bridgehead atoms. The van der Waals surface area contributed by atoms with Gasteiger partial charge in [0.25, 0.3) is 7.82 Å². The van der Waals surface area contributed by atoms with Crippen LogP contribution < -0.4 is 9.60 Å². The number of hydrogen-bond donors (Lipinski definition) is 6. The third kappa shape index (κ3) is 17.1. The Labute approximate surface area is 155 Å². The van der Waals surface area contributed by atoms with Gasteiger partial charge in [-0.1, -0.05) is 0 Å². The van der Waals surface area contributed by atoms with Crippen molar-refractivity contribution in [3.63, 3.8) is 0 Å². The number of rotatable bonds is 8. The minimum absolute atomic E-state index is 0. The molecule has 0 aromatic heterocycles. The largest absolute Gasteiger partial charge is 2.00 e. The van der Waals surface area contributed by atoms with Gasteiger partial charge in [-0.2, -0.15) is 12.9 Å². The van der Waals surface area contributed by atoms with E-state index in [1.807, 2.05) is 0 Å². The fourth-order valence-electron chi connectivity index (χ4n) is 0.570. The molecular weight excluding hydrogens is 470 g/mol. The average Bonchev–Trinajstić information content (AvgIpc) is 1.83. The molecule has 0 aromatic rings. The topological polar surface area (TPSA) is 267 Å². The molecule has 0 aromatic carbocycles. The van der Waals surface area contributed by atoms with Gasteiger partial charge in [0.05, 0.1) is 0 Å². The van der Waals surface area contributed by atoms with Crippen LogP contribution in [-0.2, 0) is 40.1 Å². The van der Waals surface area contributed by atoms with Crippen LogP contribution in [0.2, 0.25) is 0 Å². The van der Waals surface area contributed by atoms with Crippen molar-refractivity contribution < 1.29 is 79.0 Å². The molecular formula is H6CaFO16P5. The summed E-state index contributed by atoms with van der Waals surface area (Å²) in [6.07, 6.45) is 0. The molecule has 0 saturated carbocycles. The first kappa shape index (κ1) is 29.7. The second-order valence-electron chi connectivity index (χ2n) is 2.69. The third-order valence-corrected chi connectivity index (χ3v) is 7.46. The SMILES string of the molecule is O=P([O-])(O)OP(=O)(O)OP(=O)(O)OP(=O)(O)OP(=O)(O)O.[Ca+2].[F-]. The fourth-order valence-corrected chi connectivity index (χ4v) is 5.94. The van der Waals surface area contributed by atoms with Crippen molar-refractivity contribution in [3.8, 4) is 0 Å². The molecule has 0 aliphatic carbocycles.